The third-order valence-electron chi connectivity index (χ3n) is 5.65. The van der Waals surface area contributed by atoms with Crippen molar-refractivity contribution in [1.29, 1.82) is 0 Å². The van der Waals surface area contributed by atoms with Gasteiger partial charge in [0.25, 0.3) is 0 Å². The standard InChI is InChI=1S/C22H24FN7/c1-28-10-8-18(9-11-28)26-21-6-7-22-24-13-20(30(22)27-21)17-12-25-29(15-17)14-16-4-2-3-5-19(16)23/h2-7,12-13,15,18H,8-11,14H2,1H3,(H,26,27). The van der Waals surface area contributed by atoms with Crippen LogP contribution in [-0.4, -0.2) is 55.5 Å². The summed E-state index contributed by atoms with van der Waals surface area (Å²) in [7, 11) is 2.16. The van der Waals surface area contributed by atoms with Crippen LogP contribution >= 0.6 is 0 Å². The first-order valence-electron chi connectivity index (χ1n) is 10.2. The van der Waals surface area contributed by atoms with Crippen LogP contribution in [0, 0.1) is 5.82 Å². The molecule has 0 atom stereocenters. The van der Waals surface area contributed by atoms with Crippen molar-refractivity contribution >= 4 is 11.5 Å². The van der Waals surface area contributed by atoms with Gasteiger partial charge in [-0.3, -0.25) is 4.68 Å². The normalized spacial score (nSPS) is 15.7. The number of likely N-dealkylation sites (tertiary alicyclic amines) is 1. The second-order valence-corrected chi connectivity index (χ2v) is 7.87. The smallest absolute Gasteiger partial charge is 0.154 e. The van der Waals surface area contributed by atoms with Crippen LogP contribution < -0.4 is 5.32 Å². The Morgan fingerprint density at radius 1 is 1.10 bits per heavy atom. The van der Waals surface area contributed by atoms with E-state index in [1.54, 1.807) is 29.2 Å². The number of fused-ring (bicyclic) bond motifs is 1. The molecule has 8 heteroatoms. The summed E-state index contributed by atoms with van der Waals surface area (Å²) in [5.41, 5.74) is 3.13. The highest BCUT2D eigenvalue weighted by Crippen LogP contribution is 2.22. The number of nitrogens with zero attached hydrogens (tertiary/aromatic N) is 6. The van der Waals surface area contributed by atoms with E-state index in [2.05, 4.69) is 27.3 Å². The predicted octanol–water partition coefficient (Wildman–Crippen LogP) is 3.29. The molecule has 1 aliphatic heterocycles. The Bertz CT molecular complexity index is 1160. The third-order valence-corrected chi connectivity index (χ3v) is 5.65. The van der Waals surface area contributed by atoms with Crippen LogP contribution in [0.4, 0.5) is 10.2 Å². The van der Waals surface area contributed by atoms with Gasteiger partial charge in [0.1, 0.15) is 11.6 Å². The van der Waals surface area contributed by atoms with Crippen LogP contribution in [0.5, 0.6) is 0 Å². The number of hydrogen-bond acceptors (Lipinski definition) is 5. The largest absolute Gasteiger partial charge is 0.366 e. The Hall–Kier alpha value is -3.26. The zero-order valence-electron chi connectivity index (χ0n) is 16.9. The minimum atomic E-state index is -0.226. The molecule has 1 N–H and O–H groups in total. The van der Waals surface area contributed by atoms with E-state index in [1.807, 2.05) is 28.9 Å². The number of benzene rings is 1. The van der Waals surface area contributed by atoms with E-state index in [9.17, 15) is 4.39 Å². The number of hydrogen-bond donors (Lipinski definition) is 1. The summed E-state index contributed by atoms with van der Waals surface area (Å²) >= 11 is 0. The van der Waals surface area contributed by atoms with Crippen LogP contribution in [0.1, 0.15) is 18.4 Å². The number of piperidine rings is 1. The van der Waals surface area contributed by atoms with Gasteiger partial charge >= 0.3 is 0 Å². The lowest BCUT2D eigenvalue weighted by Gasteiger charge is -2.29. The van der Waals surface area contributed by atoms with E-state index in [0.29, 0.717) is 18.2 Å². The number of aromatic nitrogens is 5. The number of halogens is 1. The van der Waals surface area contributed by atoms with Crippen LogP contribution in [-0.2, 0) is 6.54 Å². The average Bonchev–Trinajstić information content (AvgIpc) is 3.38. The van der Waals surface area contributed by atoms with Gasteiger partial charge in [0.05, 0.1) is 24.6 Å². The molecule has 0 bridgehead atoms. The molecule has 1 aromatic carbocycles. The number of anilines is 1. The van der Waals surface area contributed by atoms with Gasteiger partial charge in [-0.25, -0.2) is 13.9 Å². The van der Waals surface area contributed by atoms with E-state index >= 15 is 0 Å². The van der Waals surface area contributed by atoms with Crippen LogP contribution in [0.25, 0.3) is 16.9 Å². The topological polar surface area (TPSA) is 63.3 Å². The molecule has 154 valence electrons. The van der Waals surface area contributed by atoms with E-state index < -0.39 is 0 Å². The zero-order chi connectivity index (χ0) is 20.5. The molecule has 3 aromatic heterocycles. The first-order chi connectivity index (χ1) is 14.7. The van der Waals surface area contributed by atoms with Gasteiger partial charge in [-0.1, -0.05) is 18.2 Å². The fourth-order valence-electron chi connectivity index (χ4n) is 3.89. The van der Waals surface area contributed by atoms with Gasteiger partial charge in [0.2, 0.25) is 0 Å². The SMILES string of the molecule is CN1CCC(Nc2ccc3ncc(-c4cnn(Cc5ccccc5F)c4)n3n2)CC1. The summed E-state index contributed by atoms with van der Waals surface area (Å²) in [6, 6.07) is 11.1. The Labute approximate surface area is 174 Å². The van der Waals surface area contributed by atoms with Gasteiger partial charge in [-0.2, -0.15) is 5.10 Å². The number of imidazole rings is 1. The molecule has 5 rings (SSSR count). The first kappa shape index (κ1) is 18.7. The van der Waals surface area contributed by atoms with Crippen LogP contribution in [0.15, 0.2) is 55.0 Å². The second kappa shape index (κ2) is 7.87. The molecular weight excluding hydrogens is 381 g/mol. The van der Waals surface area contributed by atoms with Crippen LogP contribution in [0.3, 0.4) is 0 Å². The van der Waals surface area contributed by atoms with Gasteiger partial charge in [0.15, 0.2) is 5.65 Å². The lowest BCUT2D eigenvalue weighted by Crippen LogP contribution is -2.36. The lowest BCUT2D eigenvalue weighted by molar-refractivity contribution is 0.263. The summed E-state index contributed by atoms with van der Waals surface area (Å²) in [5.74, 6) is 0.616. The Morgan fingerprint density at radius 2 is 1.93 bits per heavy atom. The van der Waals surface area contributed by atoms with Crippen molar-refractivity contribution in [2.45, 2.75) is 25.4 Å². The second-order valence-electron chi connectivity index (χ2n) is 7.87. The molecule has 30 heavy (non-hydrogen) atoms. The Kier molecular flexibility index (Phi) is 4.92. The maximum absolute atomic E-state index is 13.9. The van der Waals surface area contributed by atoms with E-state index in [1.165, 1.54) is 6.07 Å². The highest BCUT2D eigenvalue weighted by atomic mass is 19.1. The zero-order valence-corrected chi connectivity index (χ0v) is 16.9. The molecular formula is C22H24FN7. The van der Waals surface area contributed by atoms with Crippen LogP contribution in [0.2, 0.25) is 0 Å². The highest BCUT2D eigenvalue weighted by Gasteiger charge is 2.17. The van der Waals surface area contributed by atoms with Gasteiger partial charge < -0.3 is 10.2 Å². The summed E-state index contributed by atoms with van der Waals surface area (Å²) in [6.07, 6.45) is 7.68. The predicted molar refractivity (Wildman–Crippen MR) is 114 cm³/mol. The minimum Gasteiger partial charge on any atom is -0.366 e. The van der Waals surface area contributed by atoms with E-state index in [4.69, 9.17) is 5.10 Å². The van der Waals surface area contributed by atoms with Crippen molar-refractivity contribution in [3.05, 3.63) is 66.4 Å². The van der Waals surface area contributed by atoms with E-state index in [0.717, 1.165) is 48.7 Å². The fraction of sp³-hybridized carbons (Fsp3) is 0.318. The maximum atomic E-state index is 13.9. The molecule has 4 aromatic rings. The van der Waals surface area contributed by atoms with Crippen molar-refractivity contribution < 1.29 is 4.39 Å². The molecule has 0 spiro atoms. The van der Waals surface area contributed by atoms with Gasteiger partial charge in [0, 0.05) is 23.4 Å². The molecule has 4 heterocycles. The van der Waals surface area contributed by atoms with Crippen molar-refractivity contribution in [2.75, 3.05) is 25.5 Å². The lowest BCUT2D eigenvalue weighted by atomic mass is 10.1. The summed E-state index contributed by atoms with van der Waals surface area (Å²) in [6.45, 7) is 2.56. The molecule has 1 saturated heterocycles. The molecule has 0 unspecified atom stereocenters. The number of rotatable bonds is 5. The highest BCUT2D eigenvalue weighted by molar-refractivity contribution is 5.62. The maximum Gasteiger partial charge on any atom is 0.154 e. The summed E-state index contributed by atoms with van der Waals surface area (Å²) < 4.78 is 17.5. The molecule has 0 radical (unpaired) electrons. The molecule has 1 fully saturated rings. The summed E-state index contributed by atoms with van der Waals surface area (Å²) in [4.78, 5) is 6.82. The quantitative estimate of drug-likeness (QED) is 0.552. The molecule has 0 aliphatic carbocycles. The minimum absolute atomic E-state index is 0.226. The average molecular weight is 405 g/mol. The Morgan fingerprint density at radius 3 is 2.77 bits per heavy atom. The van der Waals surface area contributed by atoms with Crippen molar-refractivity contribution in [3.8, 4) is 11.3 Å². The molecule has 1 aliphatic rings. The molecule has 0 amide bonds. The Balaban J connectivity index is 1.38. The first-order valence-corrected chi connectivity index (χ1v) is 10.2. The number of nitrogens with one attached hydrogen (secondary N) is 1. The van der Waals surface area contributed by atoms with Crippen molar-refractivity contribution in [3.63, 3.8) is 0 Å². The monoisotopic (exact) mass is 405 g/mol. The molecule has 7 nitrogen and oxygen atoms in total. The molecule has 0 saturated carbocycles. The van der Waals surface area contributed by atoms with Crippen molar-refractivity contribution in [2.24, 2.45) is 0 Å². The third kappa shape index (κ3) is 3.78. The fourth-order valence-corrected chi connectivity index (χ4v) is 3.89. The van der Waals surface area contributed by atoms with Crippen molar-refractivity contribution in [1.82, 2.24) is 29.3 Å². The summed E-state index contributed by atoms with van der Waals surface area (Å²) in [5, 5.41) is 12.7. The van der Waals surface area contributed by atoms with Gasteiger partial charge in [-0.15, -0.1) is 5.10 Å². The van der Waals surface area contributed by atoms with E-state index in [-0.39, 0.29) is 5.82 Å². The van der Waals surface area contributed by atoms with Gasteiger partial charge in [-0.05, 0) is 51.2 Å².